The van der Waals surface area contributed by atoms with Crippen LogP contribution in [0.4, 0.5) is 5.82 Å². The Morgan fingerprint density at radius 2 is 2.00 bits per heavy atom. The molecule has 1 N–H and O–H groups in total. The van der Waals surface area contributed by atoms with Crippen molar-refractivity contribution >= 4 is 33.3 Å². The fourth-order valence-corrected chi connectivity index (χ4v) is 2.47. The predicted molar refractivity (Wildman–Crippen MR) is 87.2 cm³/mol. The Labute approximate surface area is 132 Å². The molecule has 0 aliphatic heterocycles. The van der Waals surface area contributed by atoms with Crippen LogP contribution in [0.25, 0.3) is 0 Å². The highest BCUT2D eigenvalue weighted by Crippen LogP contribution is 2.22. The van der Waals surface area contributed by atoms with Gasteiger partial charge in [0.2, 0.25) is 0 Å². The van der Waals surface area contributed by atoms with Gasteiger partial charge < -0.3 is 5.32 Å². The van der Waals surface area contributed by atoms with E-state index in [1.165, 1.54) is 5.56 Å². The highest BCUT2D eigenvalue weighted by molar-refractivity contribution is 9.10. The number of nitrogens with one attached hydrogen (secondary N) is 1. The maximum absolute atomic E-state index is 6.17. The van der Waals surface area contributed by atoms with Gasteiger partial charge in [0.15, 0.2) is 0 Å². The molecule has 0 atom stereocenters. The second-order valence-corrected chi connectivity index (χ2v) is 5.81. The van der Waals surface area contributed by atoms with E-state index in [4.69, 9.17) is 11.6 Å². The van der Waals surface area contributed by atoms with Gasteiger partial charge in [-0.15, -0.1) is 0 Å². The maximum atomic E-state index is 6.17. The molecule has 1 aromatic carbocycles. The fourth-order valence-electron chi connectivity index (χ4n) is 1.86. The number of rotatable bonds is 5. The predicted octanol–water partition coefficient (Wildman–Crippen LogP) is 4.77. The SMILES string of the molecule is CCCc1nc(Cl)c(C)c(NCc2ccccc2Br)n1. The van der Waals surface area contributed by atoms with Crippen molar-refractivity contribution in [2.45, 2.75) is 33.2 Å². The Bertz CT molecular complexity index is 602. The molecule has 2 rings (SSSR count). The molecule has 0 aliphatic rings. The van der Waals surface area contributed by atoms with E-state index in [1.54, 1.807) is 0 Å². The van der Waals surface area contributed by atoms with Crippen molar-refractivity contribution < 1.29 is 0 Å². The van der Waals surface area contributed by atoms with Crippen molar-refractivity contribution in [2.75, 3.05) is 5.32 Å². The van der Waals surface area contributed by atoms with Gasteiger partial charge in [0.25, 0.3) is 0 Å². The van der Waals surface area contributed by atoms with E-state index in [2.05, 4.69) is 44.2 Å². The monoisotopic (exact) mass is 353 g/mol. The number of benzene rings is 1. The van der Waals surface area contributed by atoms with Gasteiger partial charge in [-0.1, -0.05) is 52.7 Å². The fraction of sp³-hybridized carbons (Fsp3) is 0.333. The molecule has 2 aromatic rings. The van der Waals surface area contributed by atoms with Crippen LogP contribution in [0.15, 0.2) is 28.7 Å². The molecule has 0 unspecified atom stereocenters. The standard InChI is InChI=1S/C15H17BrClN3/c1-3-6-13-19-14(17)10(2)15(20-13)18-9-11-7-4-5-8-12(11)16/h4-5,7-8H,3,6,9H2,1-2H3,(H,18,19,20). The minimum Gasteiger partial charge on any atom is -0.366 e. The lowest BCUT2D eigenvalue weighted by molar-refractivity contribution is 0.830. The molecule has 0 fully saturated rings. The average molecular weight is 355 g/mol. The van der Waals surface area contributed by atoms with Crippen LogP contribution < -0.4 is 5.32 Å². The summed E-state index contributed by atoms with van der Waals surface area (Å²) in [4.78, 5) is 8.85. The first kappa shape index (κ1) is 15.3. The van der Waals surface area contributed by atoms with Crippen molar-refractivity contribution in [1.82, 2.24) is 9.97 Å². The molecule has 0 saturated heterocycles. The van der Waals surface area contributed by atoms with Gasteiger partial charge >= 0.3 is 0 Å². The molecule has 20 heavy (non-hydrogen) atoms. The topological polar surface area (TPSA) is 37.8 Å². The number of anilines is 1. The maximum Gasteiger partial charge on any atom is 0.137 e. The minimum absolute atomic E-state index is 0.526. The summed E-state index contributed by atoms with van der Waals surface area (Å²) in [5.41, 5.74) is 2.07. The molecule has 3 nitrogen and oxygen atoms in total. The third kappa shape index (κ3) is 3.70. The normalized spacial score (nSPS) is 10.6. The number of aromatic nitrogens is 2. The largest absolute Gasteiger partial charge is 0.366 e. The number of hydrogen-bond acceptors (Lipinski definition) is 3. The van der Waals surface area contributed by atoms with E-state index in [0.717, 1.165) is 34.5 Å². The van der Waals surface area contributed by atoms with E-state index in [0.29, 0.717) is 11.7 Å². The summed E-state index contributed by atoms with van der Waals surface area (Å²) in [5.74, 6) is 1.60. The number of nitrogens with zero attached hydrogens (tertiary/aromatic N) is 2. The third-order valence-corrected chi connectivity index (χ3v) is 4.15. The average Bonchev–Trinajstić information content (AvgIpc) is 2.43. The molecule has 0 amide bonds. The van der Waals surface area contributed by atoms with E-state index in [9.17, 15) is 0 Å². The Morgan fingerprint density at radius 3 is 2.70 bits per heavy atom. The molecule has 5 heteroatoms. The summed E-state index contributed by atoms with van der Waals surface area (Å²) in [6, 6.07) is 8.12. The van der Waals surface area contributed by atoms with Gasteiger partial charge in [-0.2, -0.15) is 0 Å². The van der Waals surface area contributed by atoms with Crippen LogP contribution in [0.2, 0.25) is 5.15 Å². The summed E-state index contributed by atoms with van der Waals surface area (Å²) in [6.07, 6.45) is 1.84. The highest BCUT2D eigenvalue weighted by atomic mass is 79.9. The molecule has 0 aliphatic carbocycles. The van der Waals surface area contributed by atoms with Crippen molar-refractivity contribution in [1.29, 1.82) is 0 Å². The quantitative estimate of drug-likeness (QED) is 0.786. The van der Waals surface area contributed by atoms with Crippen LogP contribution in [0.1, 0.15) is 30.3 Å². The summed E-state index contributed by atoms with van der Waals surface area (Å²) in [6.45, 7) is 4.73. The molecular formula is C15H17BrClN3. The summed E-state index contributed by atoms with van der Waals surface area (Å²) in [5, 5.41) is 3.87. The van der Waals surface area contributed by atoms with Gasteiger partial charge in [0, 0.05) is 23.0 Å². The number of hydrogen-bond donors (Lipinski definition) is 1. The van der Waals surface area contributed by atoms with Crippen LogP contribution in [-0.2, 0) is 13.0 Å². The van der Waals surface area contributed by atoms with Crippen molar-refractivity contribution in [3.05, 3.63) is 50.8 Å². The van der Waals surface area contributed by atoms with E-state index in [-0.39, 0.29) is 0 Å². The first-order valence-electron chi connectivity index (χ1n) is 6.62. The van der Waals surface area contributed by atoms with Gasteiger partial charge in [-0.25, -0.2) is 9.97 Å². The zero-order chi connectivity index (χ0) is 14.5. The molecule has 1 heterocycles. The zero-order valence-corrected chi connectivity index (χ0v) is 13.9. The van der Waals surface area contributed by atoms with Crippen molar-refractivity contribution in [3.8, 4) is 0 Å². The first-order valence-corrected chi connectivity index (χ1v) is 7.79. The van der Waals surface area contributed by atoms with Gasteiger partial charge in [0.05, 0.1) is 0 Å². The Balaban J connectivity index is 2.18. The second-order valence-electron chi connectivity index (χ2n) is 4.60. The van der Waals surface area contributed by atoms with Crippen LogP contribution >= 0.6 is 27.5 Å². The molecule has 1 aromatic heterocycles. The number of aryl methyl sites for hydroxylation is 1. The number of halogens is 2. The summed E-state index contributed by atoms with van der Waals surface area (Å²) < 4.78 is 1.08. The van der Waals surface area contributed by atoms with Gasteiger partial charge in [0.1, 0.15) is 16.8 Å². The molecule has 0 radical (unpaired) electrons. The van der Waals surface area contributed by atoms with Gasteiger partial charge in [-0.3, -0.25) is 0 Å². The van der Waals surface area contributed by atoms with Crippen LogP contribution in [-0.4, -0.2) is 9.97 Å². The Kier molecular flexibility index (Phi) is 5.38. The Morgan fingerprint density at radius 1 is 1.25 bits per heavy atom. The van der Waals surface area contributed by atoms with Crippen LogP contribution in [0.5, 0.6) is 0 Å². The van der Waals surface area contributed by atoms with E-state index in [1.807, 2.05) is 25.1 Å². The lowest BCUT2D eigenvalue weighted by atomic mass is 10.2. The zero-order valence-electron chi connectivity index (χ0n) is 11.6. The highest BCUT2D eigenvalue weighted by Gasteiger charge is 2.09. The lowest BCUT2D eigenvalue weighted by Crippen LogP contribution is -2.07. The van der Waals surface area contributed by atoms with Crippen molar-refractivity contribution in [2.24, 2.45) is 0 Å². The van der Waals surface area contributed by atoms with Crippen LogP contribution in [0, 0.1) is 6.92 Å². The molecule has 0 spiro atoms. The second kappa shape index (κ2) is 7.04. The van der Waals surface area contributed by atoms with E-state index >= 15 is 0 Å². The molecule has 0 bridgehead atoms. The lowest BCUT2D eigenvalue weighted by Gasteiger charge is -2.12. The minimum atomic E-state index is 0.526. The summed E-state index contributed by atoms with van der Waals surface area (Å²) in [7, 11) is 0. The van der Waals surface area contributed by atoms with Crippen molar-refractivity contribution in [3.63, 3.8) is 0 Å². The van der Waals surface area contributed by atoms with E-state index < -0.39 is 0 Å². The first-order chi connectivity index (χ1) is 9.61. The van der Waals surface area contributed by atoms with Gasteiger partial charge in [-0.05, 0) is 25.0 Å². The van der Waals surface area contributed by atoms with Crippen LogP contribution in [0.3, 0.4) is 0 Å². The molecule has 106 valence electrons. The Hall–Kier alpha value is -1.13. The third-order valence-electron chi connectivity index (χ3n) is 3.01. The summed E-state index contributed by atoms with van der Waals surface area (Å²) >= 11 is 9.71. The molecular weight excluding hydrogens is 338 g/mol. The smallest absolute Gasteiger partial charge is 0.137 e. The molecule has 0 saturated carbocycles.